The smallest absolute Gasteiger partial charge is 0.257 e. The number of piperazine rings is 1. The summed E-state index contributed by atoms with van der Waals surface area (Å²) in [6.07, 6.45) is 0. The summed E-state index contributed by atoms with van der Waals surface area (Å²) >= 11 is 1.50. The fourth-order valence-electron chi connectivity index (χ4n) is 2.35. The summed E-state index contributed by atoms with van der Waals surface area (Å²) in [5, 5.41) is 9.75. The average molecular weight is 324 g/mol. The molecule has 22 heavy (non-hydrogen) atoms. The van der Waals surface area contributed by atoms with E-state index in [1.165, 1.54) is 16.2 Å². The predicted octanol–water partition coefficient (Wildman–Crippen LogP) is 2.09. The Balaban J connectivity index is 1.68. The summed E-state index contributed by atoms with van der Waals surface area (Å²) in [5.74, 6) is -1.80. The van der Waals surface area contributed by atoms with Gasteiger partial charge in [0.1, 0.15) is 16.6 Å². The van der Waals surface area contributed by atoms with Gasteiger partial charge >= 0.3 is 0 Å². The number of rotatable bonds is 2. The second-order valence-corrected chi connectivity index (χ2v) is 6.17. The van der Waals surface area contributed by atoms with Crippen molar-refractivity contribution in [2.24, 2.45) is 0 Å². The van der Waals surface area contributed by atoms with Crippen molar-refractivity contribution in [2.45, 2.75) is 6.92 Å². The van der Waals surface area contributed by atoms with Crippen molar-refractivity contribution >= 4 is 22.4 Å². The van der Waals surface area contributed by atoms with Crippen LogP contribution in [0.25, 0.3) is 0 Å². The van der Waals surface area contributed by atoms with Crippen LogP contribution in [0.15, 0.2) is 18.2 Å². The van der Waals surface area contributed by atoms with Gasteiger partial charge in [0.2, 0.25) is 5.13 Å². The van der Waals surface area contributed by atoms with Gasteiger partial charge in [-0.25, -0.2) is 8.78 Å². The van der Waals surface area contributed by atoms with E-state index in [4.69, 9.17) is 0 Å². The lowest BCUT2D eigenvalue weighted by molar-refractivity contribution is 0.0741. The molecule has 2 heterocycles. The molecule has 0 spiro atoms. The average Bonchev–Trinajstić information content (AvgIpc) is 2.96. The molecule has 0 unspecified atom stereocenters. The van der Waals surface area contributed by atoms with Gasteiger partial charge in [0, 0.05) is 26.2 Å². The third-order valence-corrected chi connectivity index (χ3v) is 4.41. The number of nitrogens with zero attached hydrogens (tertiary/aromatic N) is 4. The fourth-order valence-corrected chi connectivity index (χ4v) is 3.09. The molecule has 0 aliphatic carbocycles. The van der Waals surface area contributed by atoms with Crippen LogP contribution < -0.4 is 4.90 Å². The minimum Gasteiger partial charge on any atom is -0.343 e. The SMILES string of the molecule is Cc1nnc(N2CCN(C(=O)c3cc(F)ccc3F)CC2)s1. The van der Waals surface area contributed by atoms with Crippen molar-refractivity contribution < 1.29 is 13.6 Å². The first-order valence-corrected chi connectivity index (χ1v) is 7.65. The number of hydrogen-bond acceptors (Lipinski definition) is 5. The number of amides is 1. The summed E-state index contributed by atoms with van der Waals surface area (Å²) < 4.78 is 26.9. The van der Waals surface area contributed by atoms with Crippen molar-refractivity contribution in [3.63, 3.8) is 0 Å². The third-order valence-electron chi connectivity index (χ3n) is 3.51. The molecule has 5 nitrogen and oxygen atoms in total. The number of benzene rings is 1. The number of hydrogen-bond donors (Lipinski definition) is 0. The van der Waals surface area contributed by atoms with E-state index in [0.717, 1.165) is 28.3 Å². The number of aromatic nitrogens is 2. The minimum absolute atomic E-state index is 0.222. The van der Waals surface area contributed by atoms with Crippen LogP contribution in [0.2, 0.25) is 0 Å². The lowest BCUT2D eigenvalue weighted by atomic mass is 10.1. The van der Waals surface area contributed by atoms with Gasteiger partial charge in [0.25, 0.3) is 5.91 Å². The summed E-state index contributed by atoms with van der Waals surface area (Å²) in [5.41, 5.74) is -0.222. The molecule has 0 bridgehead atoms. The number of aryl methyl sites for hydroxylation is 1. The Hall–Kier alpha value is -2.09. The third kappa shape index (κ3) is 2.92. The van der Waals surface area contributed by atoms with E-state index in [9.17, 15) is 13.6 Å². The van der Waals surface area contributed by atoms with Crippen LogP contribution in [0.1, 0.15) is 15.4 Å². The maximum atomic E-state index is 13.7. The Bertz CT molecular complexity index is 698. The normalized spacial score (nSPS) is 15.2. The molecule has 1 aromatic heterocycles. The molecule has 8 heteroatoms. The first kappa shape index (κ1) is 14.8. The molecule has 1 aliphatic rings. The molecule has 1 fully saturated rings. The van der Waals surface area contributed by atoms with Gasteiger partial charge < -0.3 is 9.80 Å². The van der Waals surface area contributed by atoms with Crippen LogP contribution in [-0.4, -0.2) is 47.2 Å². The quantitative estimate of drug-likeness (QED) is 0.849. The van der Waals surface area contributed by atoms with Gasteiger partial charge in [-0.05, 0) is 25.1 Å². The highest BCUT2D eigenvalue weighted by Gasteiger charge is 2.25. The van der Waals surface area contributed by atoms with Crippen LogP contribution in [0.5, 0.6) is 0 Å². The van der Waals surface area contributed by atoms with Gasteiger partial charge in [-0.1, -0.05) is 11.3 Å². The largest absolute Gasteiger partial charge is 0.343 e. The Morgan fingerprint density at radius 3 is 2.55 bits per heavy atom. The van der Waals surface area contributed by atoms with E-state index in [0.29, 0.717) is 26.2 Å². The molecule has 1 saturated heterocycles. The molecule has 2 aromatic rings. The highest BCUT2D eigenvalue weighted by molar-refractivity contribution is 7.15. The van der Waals surface area contributed by atoms with Gasteiger partial charge in [-0.15, -0.1) is 10.2 Å². The fraction of sp³-hybridized carbons (Fsp3) is 0.357. The Morgan fingerprint density at radius 2 is 1.91 bits per heavy atom. The van der Waals surface area contributed by atoms with Crippen LogP contribution in [0, 0.1) is 18.6 Å². The maximum Gasteiger partial charge on any atom is 0.257 e. The van der Waals surface area contributed by atoms with Crippen LogP contribution in [0.3, 0.4) is 0 Å². The van der Waals surface area contributed by atoms with Crippen LogP contribution in [0.4, 0.5) is 13.9 Å². The molecule has 3 rings (SSSR count). The van der Waals surface area contributed by atoms with E-state index in [1.807, 2.05) is 11.8 Å². The second kappa shape index (κ2) is 5.96. The van der Waals surface area contributed by atoms with E-state index in [2.05, 4.69) is 10.2 Å². The van der Waals surface area contributed by atoms with Gasteiger partial charge in [-0.2, -0.15) is 0 Å². The number of halogens is 2. The molecular weight excluding hydrogens is 310 g/mol. The zero-order valence-corrected chi connectivity index (χ0v) is 12.7. The lowest BCUT2D eigenvalue weighted by Crippen LogP contribution is -2.49. The standard InChI is InChI=1S/C14H14F2N4OS/c1-9-17-18-14(22-9)20-6-4-19(5-7-20)13(21)11-8-10(15)2-3-12(11)16/h2-3,8H,4-7H2,1H3. The van der Waals surface area contributed by atoms with Crippen LogP contribution >= 0.6 is 11.3 Å². The maximum absolute atomic E-state index is 13.7. The topological polar surface area (TPSA) is 49.3 Å². The second-order valence-electron chi connectivity index (χ2n) is 5.01. The lowest BCUT2D eigenvalue weighted by Gasteiger charge is -2.34. The van der Waals surface area contributed by atoms with Crippen molar-refractivity contribution in [3.05, 3.63) is 40.4 Å². The zero-order valence-electron chi connectivity index (χ0n) is 11.9. The van der Waals surface area contributed by atoms with Crippen molar-refractivity contribution in [1.82, 2.24) is 15.1 Å². The summed E-state index contributed by atoms with van der Waals surface area (Å²) in [6.45, 7) is 3.95. The van der Waals surface area contributed by atoms with E-state index in [-0.39, 0.29) is 5.56 Å². The van der Waals surface area contributed by atoms with Crippen LogP contribution in [-0.2, 0) is 0 Å². The monoisotopic (exact) mass is 324 g/mol. The Kier molecular flexibility index (Phi) is 4.02. The summed E-state index contributed by atoms with van der Waals surface area (Å²) in [7, 11) is 0. The molecular formula is C14H14F2N4OS. The first-order valence-electron chi connectivity index (χ1n) is 6.84. The molecule has 0 atom stereocenters. The van der Waals surface area contributed by atoms with E-state index in [1.54, 1.807) is 0 Å². The molecule has 1 aliphatic heterocycles. The van der Waals surface area contributed by atoms with Gasteiger partial charge in [-0.3, -0.25) is 4.79 Å². The summed E-state index contributed by atoms with van der Waals surface area (Å²) in [4.78, 5) is 15.9. The van der Waals surface area contributed by atoms with E-state index >= 15 is 0 Å². The molecule has 0 N–H and O–H groups in total. The number of anilines is 1. The highest BCUT2D eigenvalue weighted by atomic mass is 32.1. The Morgan fingerprint density at radius 1 is 1.18 bits per heavy atom. The van der Waals surface area contributed by atoms with Crippen molar-refractivity contribution in [2.75, 3.05) is 31.1 Å². The predicted molar refractivity (Wildman–Crippen MR) is 79.1 cm³/mol. The Labute approximate surface area is 130 Å². The highest BCUT2D eigenvalue weighted by Crippen LogP contribution is 2.21. The van der Waals surface area contributed by atoms with Crippen molar-refractivity contribution in [3.8, 4) is 0 Å². The first-order chi connectivity index (χ1) is 10.5. The van der Waals surface area contributed by atoms with Gasteiger partial charge in [0.05, 0.1) is 5.56 Å². The number of carbonyl (C=O) groups is 1. The minimum atomic E-state index is -0.700. The van der Waals surface area contributed by atoms with Gasteiger partial charge in [0.15, 0.2) is 0 Å². The molecule has 1 aromatic carbocycles. The molecule has 1 amide bonds. The zero-order chi connectivity index (χ0) is 15.7. The number of carbonyl (C=O) groups excluding carboxylic acids is 1. The molecule has 116 valence electrons. The molecule has 0 saturated carbocycles. The molecule has 0 radical (unpaired) electrons. The summed E-state index contributed by atoms with van der Waals surface area (Å²) in [6, 6.07) is 2.92. The van der Waals surface area contributed by atoms with Crippen molar-refractivity contribution in [1.29, 1.82) is 0 Å². The van der Waals surface area contributed by atoms with E-state index < -0.39 is 17.5 Å².